The summed E-state index contributed by atoms with van der Waals surface area (Å²) in [6.07, 6.45) is 2.53. The summed E-state index contributed by atoms with van der Waals surface area (Å²) < 4.78 is 0. The second-order valence-electron chi connectivity index (χ2n) is 3.25. The summed E-state index contributed by atoms with van der Waals surface area (Å²) >= 11 is 0. The quantitative estimate of drug-likeness (QED) is 0.680. The van der Waals surface area contributed by atoms with Crippen LogP contribution in [0.15, 0.2) is 18.2 Å². The zero-order chi connectivity index (χ0) is 9.10. The summed E-state index contributed by atoms with van der Waals surface area (Å²) in [6.45, 7) is 3.03. The molecule has 1 aromatic rings. The highest BCUT2D eigenvalue weighted by Gasteiger charge is 2.08. The van der Waals surface area contributed by atoms with Crippen LogP contribution in [0.5, 0.6) is 0 Å². The molecule has 1 heterocycles. The number of carbonyl (C=O) groups is 1. The summed E-state index contributed by atoms with van der Waals surface area (Å²) in [5.74, 6) is 0. The zero-order valence-electron chi connectivity index (χ0n) is 7.42. The normalized spacial score (nSPS) is 15.1. The van der Waals surface area contributed by atoms with Gasteiger partial charge in [-0.25, -0.2) is 0 Å². The van der Waals surface area contributed by atoms with Gasteiger partial charge in [-0.15, -0.1) is 0 Å². The van der Waals surface area contributed by atoms with Crippen LogP contribution in [0.2, 0.25) is 0 Å². The highest BCUT2D eigenvalue weighted by atomic mass is 16.1. The first-order valence-corrected chi connectivity index (χ1v) is 4.52. The van der Waals surface area contributed by atoms with Crippen molar-refractivity contribution in [3.63, 3.8) is 0 Å². The first-order valence-electron chi connectivity index (χ1n) is 4.52. The first kappa shape index (κ1) is 8.45. The molecule has 2 rings (SSSR count). The standard InChI is InChI=1S/C11H12NO/c13-6-4-9-1-2-10-3-5-12-8-11(10)7-9/h1-2,6-8,12H,3-5H2. The zero-order valence-corrected chi connectivity index (χ0v) is 7.42. The van der Waals surface area contributed by atoms with E-state index >= 15 is 0 Å². The number of benzene rings is 1. The van der Waals surface area contributed by atoms with Gasteiger partial charge in [-0.1, -0.05) is 18.2 Å². The van der Waals surface area contributed by atoms with Gasteiger partial charge < -0.3 is 10.1 Å². The van der Waals surface area contributed by atoms with E-state index in [1.165, 1.54) is 11.1 Å². The van der Waals surface area contributed by atoms with Gasteiger partial charge in [0.2, 0.25) is 0 Å². The monoisotopic (exact) mass is 174 g/mol. The largest absolute Gasteiger partial charge is 0.308 e. The van der Waals surface area contributed by atoms with Crippen LogP contribution >= 0.6 is 0 Å². The third-order valence-corrected chi connectivity index (χ3v) is 2.33. The number of nitrogens with one attached hydrogen (secondary N) is 1. The van der Waals surface area contributed by atoms with E-state index in [-0.39, 0.29) is 0 Å². The van der Waals surface area contributed by atoms with Crippen molar-refractivity contribution >= 4 is 6.29 Å². The molecule has 0 spiro atoms. The van der Waals surface area contributed by atoms with Gasteiger partial charge in [-0.3, -0.25) is 0 Å². The number of hydrogen-bond donors (Lipinski definition) is 1. The molecule has 0 aliphatic carbocycles. The van der Waals surface area contributed by atoms with E-state index < -0.39 is 0 Å². The molecule has 1 aliphatic rings. The predicted octanol–water partition coefficient (Wildman–Crippen LogP) is 1.08. The molecule has 2 heteroatoms. The molecular weight excluding hydrogens is 162 g/mol. The van der Waals surface area contributed by atoms with Gasteiger partial charge >= 0.3 is 0 Å². The lowest BCUT2D eigenvalue weighted by atomic mass is 9.98. The second-order valence-corrected chi connectivity index (χ2v) is 3.25. The lowest BCUT2D eigenvalue weighted by Gasteiger charge is -2.16. The van der Waals surface area contributed by atoms with E-state index in [1.807, 2.05) is 12.6 Å². The maximum Gasteiger partial charge on any atom is 0.124 e. The Labute approximate surface area is 78.0 Å². The van der Waals surface area contributed by atoms with Gasteiger partial charge in [0.25, 0.3) is 0 Å². The third-order valence-electron chi connectivity index (χ3n) is 2.33. The summed E-state index contributed by atoms with van der Waals surface area (Å²) in [5, 5.41) is 3.20. The average Bonchev–Trinajstić information content (AvgIpc) is 2.18. The number of aldehydes is 1. The summed E-state index contributed by atoms with van der Waals surface area (Å²) in [6, 6.07) is 6.23. The minimum absolute atomic E-state index is 0.515. The molecule has 67 valence electrons. The van der Waals surface area contributed by atoms with Gasteiger partial charge in [-0.2, -0.15) is 0 Å². The van der Waals surface area contributed by atoms with E-state index in [0.29, 0.717) is 6.42 Å². The fraction of sp³-hybridized carbons (Fsp3) is 0.273. The lowest BCUT2D eigenvalue weighted by molar-refractivity contribution is -0.107. The highest BCUT2D eigenvalue weighted by Crippen LogP contribution is 2.16. The van der Waals surface area contributed by atoms with E-state index in [1.54, 1.807) is 0 Å². The molecule has 0 bridgehead atoms. The molecule has 13 heavy (non-hydrogen) atoms. The fourth-order valence-corrected chi connectivity index (χ4v) is 1.62. The van der Waals surface area contributed by atoms with Crippen LogP contribution in [0.4, 0.5) is 0 Å². The molecule has 1 radical (unpaired) electrons. The van der Waals surface area contributed by atoms with E-state index in [9.17, 15) is 4.79 Å². The van der Waals surface area contributed by atoms with Crippen molar-refractivity contribution in [2.75, 3.05) is 6.54 Å². The molecular formula is C11H12NO. The Morgan fingerprint density at radius 1 is 1.46 bits per heavy atom. The lowest BCUT2D eigenvalue weighted by Crippen LogP contribution is -2.21. The van der Waals surface area contributed by atoms with Gasteiger partial charge in [0.1, 0.15) is 6.29 Å². The molecule has 0 saturated heterocycles. The van der Waals surface area contributed by atoms with Crippen LogP contribution < -0.4 is 5.32 Å². The Bertz CT molecular complexity index is 320. The molecule has 0 atom stereocenters. The van der Waals surface area contributed by atoms with Gasteiger partial charge in [0.15, 0.2) is 0 Å². The summed E-state index contributed by atoms with van der Waals surface area (Å²) in [4.78, 5) is 10.3. The maximum atomic E-state index is 10.3. The minimum atomic E-state index is 0.515. The molecule has 1 aliphatic heterocycles. The summed E-state index contributed by atoms with van der Waals surface area (Å²) in [5.41, 5.74) is 3.69. The van der Waals surface area contributed by atoms with Gasteiger partial charge in [-0.05, 0) is 29.7 Å². The molecule has 1 N–H and O–H groups in total. The Balaban J connectivity index is 2.29. The molecule has 0 aromatic heterocycles. The SMILES string of the molecule is O=CCc1ccc2c(c1)[CH]NCC2. The molecule has 0 fully saturated rings. The molecule has 0 unspecified atom stereocenters. The van der Waals surface area contributed by atoms with Crippen LogP contribution in [0.1, 0.15) is 16.7 Å². The topological polar surface area (TPSA) is 29.1 Å². The van der Waals surface area contributed by atoms with Crippen molar-refractivity contribution in [2.45, 2.75) is 12.8 Å². The van der Waals surface area contributed by atoms with Crippen LogP contribution in [0.25, 0.3) is 0 Å². The number of carbonyl (C=O) groups excluding carboxylic acids is 1. The Morgan fingerprint density at radius 2 is 2.38 bits per heavy atom. The van der Waals surface area contributed by atoms with Crippen molar-refractivity contribution in [1.82, 2.24) is 5.32 Å². The smallest absolute Gasteiger partial charge is 0.124 e. The second kappa shape index (κ2) is 3.71. The molecule has 2 nitrogen and oxygen atoms in total. The summed E-state index contributed by atoms with van der Waals surface area (Å²) in [7, 11) is 0. The number of fused-ring (bicyclic) bond motifs is 1. The molecule has 0 saturated carbocycles. The Morgan fingerprint density at radius 3 is 3.23 bits per heavy atom. The van der Waals surface area contributed by atoms with Crippen LogP contribution in [0, 0.1) is 6.54 Å². The third kappa shape index (κ3) is 1.78. The minimum Gasteiger partial charge on any atom is -0.308 e. The predicted molar refractivity (Wildman–Crippen MR) is 51.3 cm³/mol. The first-order chi connectivity index (χ1) is 6.40. The fourth-order valence-electron chi connectivity index (χ4n) is 1.62. The number of rotatable bonds is 2. The van der Waals surface area contributed by atoms with Crippen LogP contribution in [-0.4, -0.2) is 12.8 Å². The van der Waals surface area contributed by atoms with Gasteiger partial charge in [0, 0.05) is 6.42 Å². The van der Waals surface area contributed by atoms with Crippen LogP contribution in [0.3, 0.4) is 0 Å². The van der Waals surface area contributed by atoms with E-state index in [2.05, 4.69) is 17.4 Å². The van der Waals surface area contributed by atoms with Crippen molar-refractivity contribution in [1.29, 1.82) is 0 Å². The number of hydrogen-bond acceptors (Lipinski definition) is 2. The Kier molecular flexibility index (Phi) is 2.41. The molecule has 0 amide bonds. The Hall–Kier alpha value is -1.15. The van der Waals surface area contributed by atoms with Crippen LogP contribution in [-0.2, 0) is 17.6 Å². The van der Waals surface area contributed by atoms with Crippen molar-refractivity contribution < 1.29 is 4.79 Å². The average molecular weight is 174 g/mol. The highest BCUT2D eigenvalue weighted by molar-refractivity contribution is 5.56. The maximum absolute atomic E-state index is 10.3. The van der Waals surface area contributed by atoms with Crippen molar-refractivity contribution in [2.24, 2.45) is 0 Å². The van der Waals surface area contributed by atoms with E-state index in [4.69, 9.17) is 0 Å². The van der Waals surface area contributed by atoms with E-state index in [0.717, 1.165) is 24.8 Å². The molecule has 1 aromatic carbocycles. The van der Waals surface area contributed by atoms with Crippen molar-refractivity contribution in [3.05, 3.63) is 41.4 Å². The van der Waals surface area contributed by atoms with Crippen molar-refractivity contribution in [3.8, 4) is 0 Å². The van der Waals surface area contributed by atoms with Gasteiger partial charge in [0.05, 0.1) is 6.54 Å².